The van der Waals surface area contributed by atoms with Crippen LogP contribution in [0, 0.1) is 0 Å². The van der Waals surface area contributed by atoms with Gasteiger partial charge in [-0.3, -0.25) is 0 Å². The molecule has 0 aliphatic rings. The third kappa shape index (κ3) is 3.29. The molecule has 0 amide bonds. The summed E-state index contributed by atoms with van der Waals surface area (Å²) in [5.41, 5.74) is 0.934. The van der Waals surface area contributed by atoms with Crippen LogP contribution in [0.5, 0.6) is 0 Å². The topological polar surface area (TPSA) is 27.1 Å². The van der Waals surface area contributed by atoms with Crippen molar-refractivity contribution in [3.8, 4) is 0 Å². The predicted molar refractivity (Wildman–Crippen MR) is 85.2 cm³/mol. The van der Waals surface area contributed by atoms with E-state index >= 15 is 0 Å². The van der Waals surface area contributed by atoms with Crippen LogP contribution in [0.25, 0.3) is 11.0 Å². The molecule has 6 heteroatoms. The Labute approximate surface area is 127 Å². The molecular formula is C12H15Br2N2OS+. The quantitative estimate of drug-likeness (QED) is 0.573. The number of halogens is 2. The lowest BCUT2D eigenvalue weighted by Crippen LogP contribution is -2.11. The summed E-state index contributed by atoms with van der Waals surface area (Å²) in [6, 6.07) is 1.94. The number of hydrogen-bond acceptors (Lipinski definition) is 2. The maximum Gasteiger partial charge on any atom is 0.144 e. The molecule has 3 nitrogen and oxygen atoms in total. The number of ether oxygens (including phenoxy) is 1. The van der Waals surface area contributed by atoms with E-state index in [1.807, 2.05) is 16.8 Å². The first-order valence-corrected chi connectivity index (χ1v) is 9.30. The van der Waals surface area contributed by atoms with E-state index in [2.05, 4.69) is 49.4 Å². The fourth-order valence-corrected chi connectivity index (χ4v) is 3.48. The molecule has 0 aromatic carbocycles. The summed E-state index contributed by atoms with van der Waals surface area (Å²) in [7, 11) is 0.434. The Morgan fingerprint density at radius 1 is 1.33 bits per heavy atom. The average Bonchev–Trinajstić information content (AvgIpc) is 2.63. The average molecular weight is 395 g/mol. The van der Waals surface area contributed by atoms with Gasteiger partial charge in [-0.05, 0) is 48.8 Å². The summed E-state index contributed by atoms with van der Waals surface area (Å²) in [5, 5.41) is 1.09. The van der Waals surface area contributed by atoms with Gasteiger partial charge in [0.05, 0.1) is 19.1 Å². The van der Waals surface area contributed by atoms with E-state index in [0.29, 0.717) is 17.6 Å². The van der Waals surface area contributed by atoms with Gasteiger partial charge in [0.2, 0.25) is 0 Å². The molecule has 0 aliphatic heterocycles. The molecule has 0 saturated carbocycles. The van der Waals surface area contributed by atoms with Crippen LogP contribution in [-0.2, 0) is 22.4 Å². The van der Waals surface area contributed by atoms with Crippen molar-refractivity contribution in [3.05, 3.63) is 27.4 Å². The highest BCUT2D eigenvalue weighted by molar-refractivity contribution is 9.11. The monoisotopic (exact) mass is 393 g/mol. The van der Waals surface area contributed by atoms with E-state index in [4.69, 9.17) is 4.74 Å². The minimum Gasteiger partial charge on any atom is -0.356 e. The highest BCUT2D eigenvalue weighted by Crippen LogP contribution is 2.31. The van der Waals surface area contributed by atoms with E-state index < -0.39 is 0 Å². The number of hydrogen-bond donors (Lipinski definition) is 0. The van der Waals surface area contributed by atoms with Gasteiger partial charge in [0, 0.05) is 26.7 Å². The van der Waals surface area contributed by atoms with Crippen molar-refractivity contribution in [3.63, 3.8) is 0 Å². The van der Waals surface area contributed by atoms with Gasteiger partial charge in [0.15, 0.2) is 0 Å². The highest BCUT2D eigenvalue weighted by Gasteiger charge is 2.11. The first kappa shape index (κ1) is 14.4. The van der Waals surface area contributed by atoms with Crippen molar-refractivity contribution in [2.24, 2.45) is 0 Å². The summed E-state index contributed by atoms with van der Waals surface area (Å²) in [4.78, 5) is 4.40. The van der Waals surface area contributed by atoms with Gasteiger partial charge >= 0.3 is 0 Å². The first-order chi connectivity index (χ1) is 8.59. The largest absolute Gasteiger partial charge is 0.356 e. The van der Waals surface area contributed by atoms with Crippen LogP contribution in [0.4, 0.5) is 0 Å². The standard InChI is InChI=1S/C12H15Br2N2OS/c1-18(2)6-5-17-8-16-7-10(14)11-9(13)3-4-15-12(11)16/h3-4,7H,5-6,8H2,1-2H3/q+1. The molecule has 0 saturated heterocycles. The minimum atomic E-state index is 0.434. The zero-order valence-electron chi connectivity index (χ0n) is 10.3. The van der Waals surface area contributed by atoms with Gasteiger partial charge in [-0.1, -0.05) is 0 Å². The Balaban J connectivity index is 2.12. The van der Waals surface area contributed by atoms with E-state index in [1.54, 1.807) is 6.20 Å². The molecule has 2 heterocycles. The lowest BCUT2D eigenvalue weighted by atomic mass is 10.3. The fraction of sp³-hybridized carbons (Fsp3) is 0.417. The molecule has 18 heavy (non-hydrogen) atoms. The second kappa shape index (κ2) is 6.41. The molecule has 2 aromatic rings. The lowest BCUT2D eigenvalue weighted by molar-refractivity contribution is 0.0923. The first-order valence-electron chi connectivity index (χ1n) is 5.50. The molecule has 0 radical (unpaired) electrons. The summed E-state index contributed by atoms with van der Waals surface area (Å²) < 4.78 is 9.78. The Hall–Kier alpha value is -0.0400. The van der Waals surface area contributed by atoms with Crippen LogP contribution in [0.15, 0.2) is 27.4 Å². The van der Waals surface area contributed by atoms with Gasteiger partial charge < -0.3 is 9.30 Å². The van der Waals surface area contributed by atoms with Crippen LogP contribution in [0.3, 0.4) is 0 Å². The van der Waals surface area contributed by atoms with Gasteiger partial charge in [-0.15, -0.1) is 0 Å². The third-order valence-corrected chi connectivity index (χ3v) is 4.77. The van der Waals surface area contributed by atoms with Crippen molar-refractivity contribution < 1.29 is 4.74 Å². The number of aromatic nitrogens is 2. The summed E-state index contributed by atoms with van der Waals surface area (Å²) in [5.74, 6) is 1.11. The van der Waals surface area contributed by atoms with Gasteiger partial charge in [-0.2, -0.15) is 0 Å². The fourth-order valence-electron chi connectivity index (χ4n) is 1.62. The van der Waals surface area contributed by atoms with Crippen LogP contribution in [0.1, 0.15) is 0 Å². The van der Waals surface area contributed by atoms with Crippen molar-refractivity contribution in [2.75, 3.05) is 24.9 Å². The second-order valence-electron chi connectivity index (χ2n) is 4.17. The van der Waals surface area contributed by atoms with Crippen molar-refractivity contribution in [1.82, 2.24) is 9.55 Å². The van der Waals surface area contributed by atoms with Crippen LogP contribution in [0.2, 0.25) is 0 Å². The number of nitrogens with zero attached hydrogens (tertiary/aromatic N) is 2. The molecule has 0 bridgehead atoms. The van der Waals surface area contributed by atoms with Crippen molar-refractivity contribution in [1.29, 1.82) is 0 Å². The molecule has 2 aromatic heterocycles. The third-order valence-electron chi connectivity index (χ3n) is 2.53. The zero-order chi connectivity index (χ0) is 13.1. The van der Waals surface area contributed by atoms with E-state index in [-0.39, 0.29) is 0 Å². The van der Waals surface area contributed by atoms with E-state index in [9.17, 15) is 0 Å². The van der Waals surface area contributed by atoms with Crippen LogP contribution in [-0.4, -0.2) is 34.4 Å². The van der Waals surface area contributed by atoms with Gasteiger partial charge in [0.25, 0.3) is 0 Å². The second-order valence-corrected chi connectivity index (χ2v) is 8.25. The molecule has 0 unspecified atom stereocenters. The molecule has 0 spiro atoms. The molecule has 0 aliphatic carbocycles. The highest BCUT2D eigenvalue weighted by atomic mass is 79.9. The zero-order valence-corrected chi connectivity index (χ0v) is 14.3. The molecule has 98 valence electrons. The number of rotatable bonds is 5. The van der Waals surface area contributed by atoms with Crippen LogP contribution < -0.4 is 0 Å². The normalized spacial score (nSPS) is 11.6. The summed E-state index contributed by atoms with van der Waals surface area (Å²) >= 11 is 7.09. The van der Waals surface area contributed by atoms with Crippen molar-refractivity contribution in [2.45, 2.75) is 6.73 Å². The molecule has 2 rings (SSSR count). The number of pyridine rings is 1. The summed E-state index contributed by atoms with van der Waals surface area (Å²) in [6.07, 6.45) is 8.26. The van der Waals surface area contributed by atoms with Gasteiger partial charge in [-0.25, -0.2) is 4.98 Å². The Kier molecular flexibility index (Phi) is 5.12. The molecule has 0 fully saturated rings. The van der Waals surface area contributed by atoms with E-state index in [0.717, 1.165) is 32.3 Å². The smallest absolute Gasteiger partial charge is 0.144 e. The van der Waals surface area contributed by atoms with Gasteiger partial charge in [0.1, 0.15) is 18.1 Å². The Morgan fingerprint density at radius 2 is 2.11 bits per heavy atom. The van der Waals surface area contributed by atoms with Crippen molar-refractivity contribution >= 4 is 53.8 Å². The lowest BCUT2D eigenvalue weighted by Gasteiger charge is -2.05. The Bertz CT molecular complexity index is 542. The minimum absolute atomic E-state index is 0.434. The molecular weight excluding hydrogens is 380 g/mol. The predicted octanol–water partition coefficient (Wildman–Crippen LogP) is 3.41. The maximum atomic E-state index is 5.69. The summed E-state index contributed by atoms with van der Waals surface area (Å²) in [6.45, 7) is 1.34. The molecule has 0 atom stereocenters. The van der Waals surface area contributed by atoms with E-state index in [1.165, 1.54) is 0 Å². The van der Waals surface area contributed by atoms with Crippen LogP contribution >= 0.6 is 31.9 Å². The SMILES string of the molecule is C[S+](C)CCOCn1cc(Br)c2c(Br)ccnc21. The Morgan fingerprint density at radius 3 is 2.83 bits per heavy atom. The maximum absolute atomic E-state index is 5.69. The number of fused-ring (bicyclic) bond motifs is 1. The molecule has 0 N–H and O–H groups in total.